The van der Waals surface area contributed by atoms with Gasteiger partial charge in [0.1, 0.15) is 11.4 Å². The van der Waals surface area contributed by atoms with E-state index in [9.17, 15) is 9.90 Å². The predicted octanol–water partition coefficient (Wildman–Crippen LogP) is 2.56. The number of benzene rings is 1. The zero-order chi connectivity index (χ0) is 23.0. The highest BCUT2D eigenvalue weighted by atomic mass is 16.5. The molecule has 2 aliphatic rings. The van der Waals surface area contributed by atoms with Crippen molar-refractivity contribution in [2.45, 2.75) is 32.5 Å². The van der Waals surface area contributed by atoms with Gasteiger partial charge in [-0.25, -0.2) is 4.68 Å². The fraction of sp³-hybridized carbons (Fsp3) is 0.375. The van der Waals surface area contributed by atoms with E-state index in [0.29, 0.717) is 24.6 Å². The first kappa shape index (κ1) is 21.4. The van der Waals surface area contributed by atoms with Gasteiger partial charge in [-0.15, -0.1) is 0 Å². The SMILES string of the molecule is CC1(C)Cc2cc(NC(=O)c3ccn(-c4ccnc(CO)c4)n3)c(N3CCOCC3)cc2O1. The third-order valence-electron chi connectivity index (χ3n) is 5.83. The molecule has 33 heavy (non-hydrogen) atoms. The van der Waals surface area contributed by atoms with Crippen LogP contribution in [0.2, 0.25) is 0 Å². The molecular formula is C24H27N5O4. The van der Waals surface area contributed by atoms with Gasteiger partial charge in [-0.3, -0.25) is 9.78 Å². The molecule has 172 valence electrons. The van der Waals surface area contributed by atoms with E-state index in [1.54, 1.807) is 35.3 Å². The lowest BCUT2D eigenvalue weighted by Gasteiger charge is -2.31. The van der Waals surface area contributed by atoms with Crippen LogP contribution in [0, 0.1) is 0 Å². The molecule has 1 saturated heterocycles. The van der Waals surface area contributed by atoms with Crippen LogP contribution in [0.5, 0.6) is 5.75 Å². The molecule has 1 aromatic carbocycles. The van der Waals surface area contributed by atoms with Crippen LogP contribution in [0.1, 0.15) is 35.6 Å². The summed E-state index contributed by atoms with van der Waals surface area (Å²) in [5.74, 6) is 0.568. The number of nitrogens with one attached hydrogen (secondary N) is 1. The maximum Gasteiger partial charge on any atom is 0.276 e. The molecule has 1 fully saturated rings. The molecule has 2 aliphatic heterocycles. The molecule has 0 aliphatic carbocycles. The molecule has 5 rings (SSSR count). The summed E-state index contributed by atoms with van der Waals surface area (Å²) in [5, 5.41) is 16.8. The Hall–Kier alpha value is -3.43. The highest BCUT2D eigenvalue weighted by molar-refractivity contribution is 6.05. The number of nitrogens with zero attached hydrogens (tertiary/aromatic N) is 4. The van der Waals surface area contributed by atoms with E-state index in [0.717, 1.165) is 47.9 Å². The molecular weight excluding hydrogens is 422 g/mol. The lowest BCUT2D eigenvalue weighted by atomic mass is 10.0. The van der Waals surface area contributed by atoms with Gasteiger partial charge in [-0.2, -0.15) is 5.10 Å². The van der Waals surface area contributed by atoms with Crippen LogP contribution in [0.3, 0.4) is 0 Å². The van der Waals surface area contributed by atoms with E-state index in [4.69, 9.17) is 9.47 Å². The van der Waals surface area contributed by atoms with E-state index in [1.807, 2.05) is 12.1 Å². The summed E-state index contributed by atoms with van der Waals surface area (Å²) in [6, 6.07) is 9.21. The molecule has 9 heteroatoms. The molecule has 2 N–H and O–H groups in total. The minimum absolute atomic E-state index is 0.161. The van der Waals surface area contributed by atoms with Crippen LogP contribution in [0.4, 0.5) is 11.4 Å². The fourth-order valence-corrected chi connectivity index (χ4v) is 4.28. The summed E-state index contributed by atoms with van der Waals surface area (Å²) in [6.07, 6.45) is 4.09. The summed E-state index contributed by atoms with van der Waals surface area (Å²) in [7, 11) is 0. The molecule has 0 unspecified atom stereocenters. The Bertz CT molecular complexity index is 1180. The van der Waals surface area contributed by atoms with E-state index >= 15 is 0 Å². The molecule has 2 aromatic heterocycles. The van der Waals surface area contributed by atoms with Crippen LogP contribution < -0.4 is 15.0 Å². The number of aliphatic hydroxyl groups is 1. The van der Waals surface area contributed by atoms with Crippen LogP contribution >= 0.6 is 0 Å². The zero-order valence-electron chi connectivity index (χ0n) is 18.7. The topological polar surface area (TPSA) is 102 Å². The molecule has 9 nitrogen and oxygen atoms in total. The molecule has 0 atom stereocenters. The molecule has 1 amide bonds. The zero-order valence-corrected chi connectivity index (χ0v) is 18.7. The second kappa shape index (κ2) is 8.49. The average Bonchev–Trinajstić information content (AvgIpc) is 3.42. The number of pyridine rings is 1. The van der Waals surface area contributed by atoms with Crippen molar-refractivity contribution in [2.75, 3.05) is 36.5 Å². The van der Waals surface area contributed by atoms with Gasteiger partial charge >= 0.3 is 0 Å². The molecule has 0 spiro atoms. The number of hydrogen-bond acceptors (Lipinski definition) is 7. The summed E-state index contributed by atoms with van der Waals surface area (Å²) >= 11 is 0. The van der Waals surface area contributed by atoms with Crippen molar-refractivity contribution in [3.63, 3.8) is 0 Å². The molecule has 0 bridgehead atoms. The number of carbonyl (C=O) groups excluding carboxylic acids is 1. The van der Waals surface area contributed by atoms with Gasteiger partial charge in [0.2, 0.25) is 0 Å². The Morgan fingerprint density at radius 2 is 2.03 bits per heavy atom. The van der Waals surface area contributed by atoms with Crippen molar-refractivity contribution in [2.24, 2.45) is 0 Å². The lowest BCUT2D eigenvalue weighted by Crippen LogP contribution is -2.36. The number of aliphatic hydroxyl groups excluding tert-OH is 1. The fourth-order valence-electron chi connectivity index (χ4n) is 4.28. The maximum absolute atomic E-state index is 13.1. The predicted molar refractivity (Wildman–Crippen MR) is 123 cm³/mol. The Morgan fingerprint density at radius 1 is 1.21 bits per heavy atom. The average molecular weight is 450 g/mol. The van der Waals surface area contributed by atoms with Crippen LogP contribution in [-0.2, 0) is 17.8 Å². The van der Waals surface area contributed by atoms with E-state index < -0.39 is 0 Å². The molecule has 4 heterocycles. The van der Waals surface area contributed by atoms with Gasteiger partial charge in [0.25, 0.3) is 5.91 Å². The van der Waals surface area contributed by atoms with E-state index in [2.05, 4.69) is 34.1 Å². The van der Waals surface area contributed by atoms with Gasteiger partial charge in [0.15, 0.2) is 5.69 Å². The van der Waals surface area contributed by atoms with Crippen LogP contribution in [0.25, 0.3) is 5.69 Å². The third kappa shape index (κ3) is 4.42. The minimum Gasteiger partial charge on any atom is -0.487 e. The van der Waals surface area contributed by atoms with Gasteiger partial charge < -0.3 is 24.8 Å². The Labute approximate surface area is 192 Å². The van der Waals surface area contributed by atoms with Crippen molar-refractivity contribution in [3.05, 3.63) is 59.7 Å². The number of anilines is 2. The Balaban J connectivity index is 1.43. The second-order valence-electron chi connectivity index (χ2n) is 8.88. The molecule has 0 saturated carbocycles. The van der Waals surface area contributed by atoms with E-state index in [-0.39, 0.29) is 18.1 Å². The first-order valence-corrected chi connectivity index (χ1v) is 11.0. The van der Waals surface area contributed by atoms with Crippen LogP contribution in [0.15, 0.2) is 42.7 Å². The Morgan fingerprint density at radius 3 is 2.82 bits per heavy atom. The lowest BCUT2D eigenvalue weighted by molar-refractivity contribution is 0.102. The van der Waals surface area contributed by atoms with Crippen molar-refractivity contribution in [1.29, 1.82) is 0 Å². The number of rotatable bonds is 5. The number of fused-ring (bicyclic) bond motifs is 1. The number of hydrogen-bond donors (Lipinski definition) is 2. The first-order valence-electron chi connectivity index (χ1n) is 11.0. The van der Waals surface area contributed by atoms with Gasteiger partial charge in [0.05, 0.1) is 42.6 Å². The van der Waals surface area contributed by atoms with Crippen molar-refractivity contribution in [1.82, 2.24) is 14.8 Å². The third-order valence-corrected chi connectivity index (χ3v) is 5.83. The largest absolute Gasteiger partial charge is 0.487 e. The number of ether oxygens (including phenoxy) is 2. The first-order chi connectivity index (χ1) is 15.9. The van der Waals surface area contributed by atoms with Crippen molar-refractivity contribution >= 4 is 17.3 Å². The quantitative estimate of drug-likeness (QED) is 0.617. The second-order valence-corrected chi connectivity index (χ2v) is 8.88. The van der Waals surface area contributed by atoms with Crippen molar-refractivity contribution < 1.29 is 19.4 Å². The summed E-state index contributed by atoms with van der Waals surface area (Å²) in [4.78, 5) is 19.4. The summed E-state index contributed by atoms with van der Waals surface area (Å²) in [6.45, 7) is 6.74. The molecule has 3 aromatic rings. The van der Waals surface area contributed by atoms with E-state index in [1.165, 1.54) is 0 Å². The van der Waals surface area contributed by atoms with Crippen molar-refractivity contribution in [3.8, 4) is 11.4 Å². The number of morpholine rings is 1. The monoisotopic (exact) mass is 449 g/mol. The van der Waals surface area contributed by atoms with Gasteiger partial charge in [0, 0.05) is 43.5 Å². The number of aromatic nitrogens is 3. The number of amides is 1. The highest BCUT2D eigenvalue weighted by Gasteiger charge is 2.32. The maximum atomic E-state index is 13.1. The minimum atomic E-state index is -0.294. The molecule has 0 radical (unpaired) electrons. The van der Waals surface area contributed by atoms with Crippen LogP contribution in [-0.4, -0.2) is 57.7 Å². The standard InChI is InChI=1S/C24H27N5O4/c1-24(2)14-16-11-20(21(13-22(16)33-24)28-7-9-32-10-8-28)26-23(31)19-4-6-29(27-19)18-3-5-25-17(12-18)15-30/h3-6,11-13,30H,7-10,14-15H2,1-2H3,(H,26,31). The van der Waals surface area contributed by atoms with Gasteiger partial charge in [-0.05, 0) is 38.1 Å². The number of carbonyl (C=O) groups is 1. The van der Waals surface area contributed by atoms with Gasteiger partial charge in [-0.1, -0.05) is 0 Å². The summed E-state index contributed by atoms with van der Waals surface area (Å²) < 4.78 is 13.2. The normalized spacial score (nSPS) is 16.9. The smallest absolute Gasteiger partial charge is 0.276 e. The summed E-state index contributed by atoms with van der Waals surface area (Å²) in [5.41, 5.74) is 4.01. The Kier molecular flexibility index (Phi) is 5.51. The highest BCUT2D eigenvalue weighted by Crippen LogP contribution is 2.41.